The maximum absolute atomic E-state index is 5.92. The van der Waals surface area contributed by atoms with Crippen molar-refractivity contribution in [3.63, 3.8) is 0 Å². The highest BCUT2D eigenvalue weighted by Gasteiger charge is 2.26. The molecular formula is C15H23ClN2. The topological polar surface area (TPSA) is 6.48 Å². The summed E-state index contributed by atoms with van der Waals surface area (Å²) >= 11 is 5.92. The van der Waals surface area contributed by atoms with Gasteiger partial charge in [-0.05, 0) is 51.1 Å². The van der Waals surface area contributed by atoms with Crippen molar-refractivity contribution in [2.24, 2.45) is 0 Å². The van der Waals surface area contributed by atoms with Gasteiger partial charge in [-0.15, -0.1) is 11.6 Å². The Balaban J connectivity index is 2.19. The summed E-state index contributed by atoms with van der Waals surface area (Å²) in [6.07, 6.45) is 0. The number of halogens is 1. The Morgan fingerprint density at radius 3 is 2.33 bits per heavy atom. The molecule has 1 heterocycles. The number of hydrogen-bond donors (Lipinski definition) is 0. The zero-order chi connectivity index (χ0) is 13.3. The van der Waals surface area contributed by atoms with Gasteiger partial charge < -0.3 is 4.90 Å². The molecule has 1 aliphatic heterocycles. The van der Waals surface area contributed by atoms with Crippen LogP contribution in [-0.4, -0.2) is 37.1 Å². The number of likely N-dealkylation sites (N-methyl/N-ethyl adjacent to an activating group) is 1. The van der Waals surface area contributed by atoms with Crippen LogP contribution < -0.4 is 4.90 Å². The van der Waals surface area contributed by atoms with Gasteiger partial charge in [0.15, 0.2) is 0 Å². The van der Waals surface area contributed by atoms with E-state index in [1.165, 1.54) is 16.8 Å². The molecule has 0 aliphatic carbocycles. The van der Waals surface area contributed by atoms with Crippen molar-refractivity contribution in [3.8, 4) is 0 Å². The van der Waals surface area contributed by atoms with E-state index in [-0.39, 0.29) is 0 Å². The molecule has 1 saturated heterocycles. The van der Waals surface area contributed by atoms with Gasteiger partial charge >= 0.3 is 0 Å². The third-order valence-corrected chi connectivity index (χ3v) is 4.48. The predicted molar refractivity (Wildman–Crippen MR) is 79.6 cm³/mol. The lowest BCUT2D eigenvalue weighted by Crippen LogP contribution is -2.55. The lowest BCUT2D eigenvalue weighted by molar-refractivity contribution is 0.170. The van der Waals surface area contributed by atoms with Crippen molar-refractivity contribution in [1.82, 2.24) is 4.90 Å². The Labute approximate surface area is 116 Å². The molecule has 1 aliphatic rings. The average molecular weight is 267 g/mol. The Morgan fingerprint density at radius 2 is 1.83 bits per heavy atom. The molecule has 0 spiro atoms. The molecule has 2 unspecified atom stereocenters. The average Bonchev–Trinajstić information content (AvgIpc) is 2.35. The fourth-order valence-corrected chi connectivity index (χ4v) is 2.94. The summed E-state index contributed by atoms with van der Waals surface area (Å²) in [6, 6.07) is 7.83. The molecule has 1 aromatic carbocycles. The second-order valence-electron chi connectivity index (χ2n) is 5.51. The Kier molecular flexibility index (Phi) is 4.18. The summed E-state index contributed by atoms with van der Waals surface area (Å²) in [5, 5.41) is 0. The summed E-state index contributed by atoms with van der Waals surface area (Å²) in [4.78, 5) is 4.94. The fraction of sp³-hybridized carbons (Fsp3) is 0.600. The van der Waals surface area contributed by atoms with Crippen LogP contribution in [0.25, 0.3) is 0 Å². The van der Waals surface area contributed by atoms with Gasteiger partial charge in [0.25, 0.3) is 0 Å². The van der Waals surface area contributed by atoms with Crippen LogP contribution in [0.4, 0.5) is 5.69 Å². The van der Waals surface area contributed by atoms with Crippen LogP contribution in [0.3, 0.4) is 0 Å². The minimum absolute atomic E-state index is 0.599. The Bertz CT molecular complexity index is 407. The normalized spacial score (nSPS) is 25.5. The number of piperazine rings is 1. The highest BCUT2D eigenvalue weighted by atomic mass is 35.5. The van der Waals surface area contributed by atoms with Gasteiger partial charge in [0, 0.05) is 36.7 Å². The van der Waals surface area contributed by atoms with Gasteiger partial charge in [-0.25, -0.2) is 0 Å². The summed E-state index contributed by atoms with van der Waals surface area (Å²) in [5.41, 5.74) is 3.85. The quantitative estimate of drug-likeness (QED) is 0.758. The first-order valence-electron chi connectivity index (χ1n) is 6.65. The van der Waals surface area contributed by atoms with Crippen LogP contribution in [-0.2, 0) is 5.88 Å². The highest BCUT2D eigenvalue weighted by Crippen LogP contribution is 2.24. The van der Waals surface area contributed by atoms with Gasteiger partial charge in [0.05, 0.1) is 0 Å². The van der Waals surface area contributed by atoms with Crippen LogP contribution >= 0.6 is 11.6 Å². The number of anilines is 1. The van der Waals surface area contributed by atoms with Crippen LogP contribution in [0.2, 0.25) is 0 Å². The lowest BCUT2D eigenvalue weighted by Gasteiger charge is -2.43. The van der Waals surface area contributed by atoms with Crippen molar-refractivity contribution in [3.05, 3.63) is 29.3 Å². The van der Waals surface area contributed by atoms with E-state index in [9.17, 15) is 0 Å². The van der Waals surface area contributed by atoms with Gasteiger partial charge in [0.1, 0.15) is 0 Å². The molecule has 3 heteroatoms. The predicted octanol–water partition coefficient (Wildman–Crippen LogP) is 3.26. The summed E-state index contributed by atoms with van der Waals surface area (Å²) in [6.45, 7) is 8.93. The van der Waals surface area contributed by atoms with Crippen LogP contribution in [0, 0.1) is 6.92 Å². The Morgan fingerprint density at radius 1 is 1.22 bits per heavy atom. The number of benzene rings is 1. The third-order valence-electron chi connectivity index (χ3n) is 4.20. The number of aryl methyl sites for hydroxylation is 1. The van der Waals surface area contributed by atoms with E-state index in [1.807, 2.05) is 0 Å². The summed E-state index contributed by atoms with van der Waals surface area (Å²) in [7, 11) is 2.22. The second-order valence-corrected chi connectivity index (χ2v) is 5.78. The van der Waals surface area contributed by atoms with Crippen molar-refractivity contribution in [2.45, 2.75) is 38.7 Å². The summed E-state index contributed by atoms with van der Waals surface area (Å²) < 4.78 is 0. The molecule has 2 nitrogen and oxygen atoms in total. The molecule has 0 bridgehead atoms. The molecule has 0 saturated carbocycles. The first-order chi connectivity index (χ1) is 8.52. The van der Waals surface area contributed by atoms with E-state index in [0.717, 1.165) is 13.1 Å². The maximum atomic E-state index is 5.92. The van der Waals surface area contributed by atoms with Crippen molar-refractivity contribution < 1.29 is 0 Å². The van der Waals surface area contributed by atoms with Crippen molar-refractivity contribution >= 4 is 17.3 Å². The molecule has 0 radical (unpaired) electrons. The van der Waals surface area contributed by atoms with Gasteiger partial charge in [-0.2, -0.15) is 0 Å². The maximum Gasteiger partial charge on any atom is 0.0476 e. The number of alkyl halides is 1. The third kappa shape index (κ3) is 2.65. The van der Waals surface area contributed by atoms with E-state index in [2.05, 4.69) is 55.8 Å². The highest BCUT2D eigenvalue weighted by molar-refractivity contribution is 6.17. The van der Waals surface area contributed by atoms with Gasteiger partial charge in [-0.3, -0.25) is 4.90 Å². The van der Waals surface area contributed by atoms with Crippen molar-refractivity contribution in [1.29, 1.82) is 0 Å². The first kappa shape index (κ1) is 13.7. The monoisotopic (exact) mass is 266 g/mol. The molecule has 18 heavy (non-hydrogen) atoms. The van der Waals surface area contributed by atoms with Crippen LogP contribution in [0.1, 0.15) is 25.0 Å². The largest absolute Gasteiger partial charge is 0.368 e. The lowest BCUT2D eigenvalue weighted by atomic mass is 10.1. The molecule has 2 atom stereocenters. The van der Waals surface area contributed by atoms with E-state index in [4.69, 9.17) is 11.6 Å². The standard InChI is InChI=1S/C15H23ClN2/c1-11-7-15(6-5-14(11)8-16)18-9-12(2)17(4)13(3)10-18/h5-7,12-13H,8-10H2,1-4H3. The van der Waals surface area contributed by atoms with Crippen LogP contribution in [0.15, 0.2) is 18.2 Å². The fourth-order valence-electron chi connectivity index (χ4n) is 2.64. The minimum atomic E-state index is 0.599. The second kappa shape index (κ2) is 5.50. The van der Waals surface area contributed by atoms with E-state index >= 15 is 0 Å². The van der Waals surface area contributed by atoms with E-state index in [0.29, 0.717) is 18.0 Å². The minimum Gasteiger partial charge on any atom is -0.368 e. The molecule has 0 amide bonds. The first-order valence-corrected chi connectivity index (χ1v) is 7.18. The summed E-state index contributed by atoms with van der Waals surface area (Å²) in [5.74, 6) is 0.599. The van der Waals surface area contributed by atoms with Gasteiger partial charge in [-0.1, -0.05) is 6.07 Å². The van der Waals surface area contributed by atoms with Gasteiger partial charge in [0.2, 0.25) is 0 Å². The zero-order valence-electron chi connectivity index (χ0n) is 11.8. The van der Waals surface area contributed by atoms with Crippen LogP contribution in [0.5, 0.6) is 0 Å². The smallest absolute Gasteiger partial charge is 0.0476 e. The Hall–Kier alpha value is -0.730. The van der Waals surface area contributed by atoms with E-state index in [1.54, 1.807) is 0 Å². The SMILES string of the molecule is Cc1cc(N2CC(C)N(C)C(C)C2)ccc1CCl. The zero-order valence-corrected chi connectivity index (χ0v) is 12.5. The molecule has 1 fully saturated rings. The number of nitrogens with zero attached hydrogens (tertiary/aromatic N) is 2. The molecule has 100 valence electrons. The molecule has 0 N–H and O–H groups in total. The van der Waals surface area contributed by atoms with E-state index < -0.39 is 0 Å². The number of rotatable bonds is 2. The molecule has 2 rings (SSSR count). The molecule has 0 aromatic heterocycles. The molecule has 1 aromatic rings. The van der Waals surface area contributed by atoms with Crippen molar-refractivity contribution in [2.75, 3.05) is 25.0 Å². The number of hydrogen-bond acceptors (Lipinski definition) is 2. The molecular weight excluding hydrogens is 244 g/mol.